The van der Waals surface area contributed by atoms with Crippen LogP contribution in [0.2, 0.25) is 0 Å². The van der Waals surface area contributed by atoms with E-state index in [2.05, 4.69) is 32.9 Å². The molecule has 1 heterocycles. The standard InChI is InChI=1S/C37H43N3O5/c1-24(2)10-7-11-25(3)12-8-13-26(4)20-21-39-31-22-29(41)23-33(43)35(31)40(34-30(37(39)45)14-9-15-32(34)42)36(44)27-16-18-28(19-17-27)38(5)6/h9-10,12,14-20,22-23,41-43H,7-8,11,13,21H2,1-6H3. The van der Waals surface area contributed by atoms with Crippen LogP contribution < -0.4 is 14.7 Å². The zero-order valence-electron chi connectivity index (χ0n) is 27.0. The maximum Gasteiger partial charge on any atom is 0.263 e. The van der Waals surface area contributed by atoms with Gasteiger partial charge in [-0.25, -0.2) is 0 Å². The lowest BCUT2D eigenvalue weighted by molar-refractivity contribution is 0.0990. The van der Waals surface area contributed by atoms with Gasteiger partial charge in [0.2, 0.25) is 0 Å². The number of carbonyl (C=O) groups is 2. The van der Waals surface area contributed by atoms with Gasteiger partial charge in [-0.3, -0.25) is 14.5 Å². The predicted molar refractivity (Wildman–Crippen MR) is 182 cm³/mol. The Balaban J connectivity index is 1.73. The smallest absolute Gasteiger partial charge is 0.263 e. The maximum atomic E-state index is 14.2. The van der Waals surface area contributed by atoms with Crippen LogP contribution in [0.25, 0.3) is 0 Å². The molecule has 0 aromatic heterocycles. The van der Waals surface area contributed by atoms with Gasteiger partial charge >= 0.3 is 0 Å². The van der Waals surface area contributed by atoms with Crippen molar-refractivity contribution in [1.82, 2.24) is 0 Å². The van der Waals surface area contributed by atoms with Crippen LogP contribution in [0.15, 0.2) is 89.5 Å². The SMILES string of the molecule is CC(C)=CCCC(C)=CCCC(C)=CCN1C(=O)c2cccc(O)c2N(C(=O)c2ccc(N(C)C)cc2)c2c(O)cc(O)cc21. The topological polar surface area (TPSA) is 105 Å². The van der Waals surface area contributed by atoms with Crippen LogP contribution in [0, 0.1) is 0 Å². The highest BCUT2D eigenvalue weighted by atomic mass is 16.3. The first-order chi connectivity index (χ1) is 21.4. The molecule has 0 bridgehead atoms. The van der Waals surface area contributed by atoms with Gasteiger partial charge < -0.3 is 25.1 Å². The highest BCUT2D eigenvalue weighted by Crippen LogP contribution is 2.50. The van der Waals surface area contributed by atoms with Crippen LogP contribution in [0.5, 0.6) is 17.2 Å². The molecule has 45 heavy (non-hydrogen) atoms. The molecular formula is C37H43N3O5. The highest BCUT2D eigenvalue weighted by molar-refractivity contribution is 6.23. The molecule has 2 amide bonds. The van der Waals surface area contributed by atoms with Crippen LogP contribution in [0.3, 0.4) is 0 Å². The number of allylic oxidation sites excluding steroid dienone is 5. The van der Waals surface area contributed by atoms with Crippen LogP contribution in [0.4, 0.5) is 22.7 Å². The minimum atomic E-state index is -0.557. The van der Waals surface area contributed by atoms with Gasteiger partial charge in [-0.1, -0.05) is 41.0 Å². The van der Waals surface area contributed by atoms with E-state index in [9.17, 15) is 24.9 Å². The zero-order valence-corrected chi connectivity index (χ0v) is 27.0. The van der Waals surface area contributed by atoms with E-state index in [1.54, 1.807) is 36.4 Å². The summed E-state index contributed by atoms with van der Waals surface area (Å²) in [6, 6.07) is 13.8. The van der Waals surface area contributed by atoms with E-state index in [0.717, 1.165) is 47.9 Å². The van der Waals surface area contributed by atoms with Crippen LogP contribution in [0.1, 0.15) is 74.1 Å². The Hall–Kier alpha value is -4.98. The number of fused-ring (bicyclic) bond motifs is 2. The van der Waals surface area contributed by atoms with Gasteiger partial charge in [-0.15, -0.1) is 0 Å². The number of phenolic OH excluding ortho intramolecular Hbond substituents is 3. The van der Waals surface area contributed by atoms with Gasteiger partial charge in [-0.05, 0) is 89.8 Å². The molecule has 0 saturated heterocycles. The van der Waals surface area contributed by atoms with Crippen molar-refractivity contribution >= 4 is 34.6 Å². The molecule has 1 aliphatic rings. The molecule has 0 radical (unpaired) electrons. The number of hydrogen-bond donors (Lipinski definition) is 3. The lowest BCUT2D eigenvalue weighted by Crippen LogP contribution is -2.30. The second kappa shape index (κ2) is 14.2. The van der Waals surface area contributed by atoms with E-state index in [4.69, 9.17) is 0 Å². The summed E-state index contributed by atoms with van der Waals surface area (Å²) in [5, 5.41) is 32.8. The maximum absolute atomic E-state index is 14.2. The Morgan fingerprint density at radius 2 is 1.44 bits per heavy atom. The van der Waals surface area contributed by atoms with Crippen molar-refractivity contribution < 1.29 is 24.9 Å². The molecule has 0 spiro atoms. The third kappa shape index (κ3) is 7.58. The molecule has 236 valence electrons. The number of benzene rings is 3. The summed E-state index contributed by atoms with van der Waals surface area (Å²) in [6.07, 6.45) is 10.1. The number of phenols is 3. The average molecular weight is 610 g/mol. The first-order valence-corrected chi connectivity index (χ1v) is 15.1. The third-order valence-electron chi connectivity index (χ3n) is 7.86. The molecule has 8 nitrogen and oxygen atoms in total. The van der Waals surface area contributed by atoms with Gasteiger partial charge in [-0.2, -0.15) is 0 Å². The number of hydrogen-bond acceptors (Lipinski definition) is 6. The van der Waals surface area contributed by atoms with Crippen molar-refractivity contribution in [1.29, 1.82) is 0 Å². The molecular weight excluding hydrogens is 566 g/mol. The normalized spacial score (nSPS) is 13.2. The Bertz CT molecular complexity index is 1660. The predicted octanol–water partition coefficient (Wildman–Crippen LogP) is 8.23. The van der Waals surface area contributed by atoms with Crippen molar-refractivity contribution in [3.05, 3.63) is 101 Å². The fourth-order valence-corrected chi connectivity index (χ4v) is 5.33. The lowest BCUT2D eigenvalue weighted by atomic mass is 10.1. The fourth-order valence-electron chi connectivity index (χ4n) is 5.33. The molecule has 4 rings (SSSR count). The van der Waals surface area contributed by atoms with Crippen molar-refractivity contribution in [3.63, 3.8) is 0 Å². The van der Waals surface area contributed by atoms with Gasteiger partial charge in [0.05, 0.1) is 11.3 Å². The fraction of sp³-hybridized carbons (Fsp3) is 0.297. The highest BCUT2D eigenvalue weighted by Gasteiger charge is 2.38. The van der Waals surface area contributed by atoms with E-state index in [-0.39, 0.29) is 46.2 Å². The molecule has 8 heteroatoms. The van der Waals surface area contributed by atoms with Crippen molar-refractivity contribution in [3.8, 4) is 17.2 Å². The molecule has 3 aromatic rings. The summed E-state index contributed by atoms with van der Waals surface area (Å²) in [5.41, 5.74) is 5.07. The number of rotatable bonds is 10. The van der Waals surface area contributed by atoms with E-state index in [0.29, 0.717) is 0 Å². The first kappa shape index (κ1) is 32.9. The van der Waals surface area contributed by atoms with E-state index < -0.39 is 17.6 Å². The first-order valence-electron chi connectivity index (χ1n) is 15.1. The van der Waals surface area contributed by atoms with Crippen LogP contribution in [-0.4, -0.2) is 47.8 Å². The Morgan fingerprint density at radius 3 is 2.09 bits per heavy atom. The molecule has 0 atom stereocenters. The van der Waals surface area contributed by atoms with Crippen molar-refractivity contribution in [2.24, 2.45) is 0 Å². The molecule has 0 aliphatic carbocycles. The summed E-state index contributed by atoms with van der Waals surface area (Å²) in [7, 11) is 3.78. The number of amides is 2. The Labute approximate surface area is 265 Å². The quantitative estimate of drug-likeness (QED) is 0.200. The van der Waals surface area contributed by atoms with Gasteiger partial charge in [0.15, 0.2) is 0 Å². The summed E-state index contributed by atoms with van der Waals surface area (Å²) >= 11 is 0. The summed E-state index contributed by atoms with van der Waals surface area (Å²) in [6.45, 7) is 8.47. The minimum absolute atomic E-state index is 0.0101. The molecule has 0 saturated carbocycles. The van der Waals surface area contributed by atoms with Crippen LogP contribution in [-0.2, 0) is 0 Å². The van der Waals surface area contributed by atoms with E-state index in [1.165, 1.54) is 28.2 Å². The third-order valence-corrected chi connectivity index (χ3v) is 7.86. The second-order valence-electron chi connectivity index (χ2n) is 12.0. The average Bonchev–Trinajstić information content (AvgIpc) is 3.08. The molecule has 0 unspecified atom stereocenters. The van der Waals surface area contributed by atoms with Gasteiger partial charge in [0, 0.05) is 44.0 Å². The second-order valence-corrected chi connectivity index (χ2v) is 12.0. The molecule has 0 fully saturated rings. The van der Waals surface area contributed by atoms with Crippen molar-refractivity contribution in [2.75, 3.05) is 35.3 Å². The summed E-state index contributed by atoms with van der Waals surface area (Å²) in [5.74, 6) is -2.01. The largest absolute Gasteiger partial charge is 0.508 e. The number of aromatic hydroxyl groups is 3. The van der Waals surface area contributed by atoms with Gasteiger partial charge in [0.1, 0.15) is 28.6 Å². The number of carbonyl (C=O) groups excluding carboxylic acids is 2. The number of para-hydroxylation sites is 1. The summed E-state index contributed by atoms with van der Waals surface area (Å²) in [4.78, 5) is 32.8. The number of anilines is 4. The molecule has 1 aliphatic heterocycles. The monoisotopic (exact) mass is 609 g/mol. The zero-order chi connectivity index (χ0) is 32.8. The van der Waals surface area contributed by atoms with Crippen molar-refractivity contribution in [2.45, 2.75) is 53.4 Å². The lowest BCUT2D eigenvalue weighted by Gasteiger charge is -2.27. The number of nitrogens with zero attached hydrogens (tertiary/aromatic N) is 3. The summed E-state index contributed by atoms with van der Waals surface area (Å²) < 4.78 is 0. The Kier molecular flexibility index (Phi) is 10.4. The van der Waals surface area contributed by atoms with E-state index >= 15 is 0 Å². The minimum Gasteiger partial charge on any atom is -0.508 e. The van der Waals surface area contributed by atoms with E-state index in [1.807, 2.05) is 32.0 Å². The molecule has 3 N–H and O–H groups in total. The van der Waals surface area contributed by atoms with Crippen LogP contribution >= 0.6 is 0 Å². The molecule has 3 aromatic carbocycles. The Morgan fingerprint density at radius 1 is 0.800 bits per heavy atom. The van der Waals surface area contributed by atoms with Gasteiger partial charge in [0.25, 0.3) is 11.8 Å².